The van der Waals surface area contributed by atoms with E-state index in [-0.39, 0.29) is 16.4 Å². The van der Waals surface area contributed by atoms with Crippen molar-refractivity contribution in [1.29, 1.82) is 0 Å². The van der Waals surface area contributed by atoms with Gasteiger partial charge < -0.3 is 5.32 Å². The Hall–Kier alpha value is -0.0900. The predicted molar refractivity (Wildman–Crippen MR) is 70.4 cm³/mol. The fourth-order valence-electron chi connectivity index (χ4n) is 1.37. The van der Waals surface area contributed by atoms with Crippen molar-refractivity contribution in [3.63, 3.8) is 0 Å². The Morgan fingerprint density at radius 3 is 1.94 bits per heavy atom. The molecule has 0 heterocycles. The third-order valence-electron chi connectivity index (χ3n) is 3.38. The average molecular weight is 249 g/mol. The molecule has 0 rings (SSSR count). The molecule has 0 saturated heterocycles. The Morgan fingerprint density at radius 2 is 1.56 bits per heavy atom. The lowest BCUT2D eigenvalue weighted by molar-refractivity contribution is 0.504. The second kappa shape index (κ2) is 6.60. The van der Waals surface area contributed by atoms with Crippen LogP contribution in [0, 0.1) is 5.92 Å². The van der Waals surface area contributed by atoms with E-state index in [0.29, 0.717) is 12.6 Å². The molecule has 0 aromatic heterocycles. The van der Waals surface area contributed by atoms with Crippen LogP contribution in [0.25, 0.3) is 0 Å². The Kier molecular flexibility index (Phi) is 6.56. The molecule has 4 heteroatoms. The molecule has 3 atom stereocenters. The van der Waals surface area contributed by atoms with E-state index in [2.05, 4.69) is 19.2 Å². The van der Waals surface area contributed by atoms with Crippen molar-refractivity contribution in [2.75, 3.05) is 6.54 Å². The first kappa shape index (κ1) is 15.9. The number of nitrogens with one attached hydrogen (secondary N) is 1. The van der Waals surface area contributed by atoms with Gasteiger partial charge in [0, 0.05) is 12.6 Å². The third kappa shape index (κ3) is 4.42. The summed E-state index contributed by atoms with van der Waals surface area (Å²) in [6, 6.07) is 0.381. The SMILES string of the molecule is CCC(C)NCC(C)S(=O)(=O)C(C)C(C)C. The van der Waals surface area contributed by atoms with Gasteiger partial charge in [-0.3, -0.25) is 0 Å². The Bertz CT molecular complexity index is 285. The maximum absolute atomic E-state index is 12.1. The quantitative estimate of drug-likeness (QED) is 0.752. The van der Waals surface area contributed by atoms with Crippen LogP contribution in [0.3, 0.4) is 0 Å². The van der Waals surface area contributed by atoms with E-state index in [9.17, 15) is 8.42 Å². The van der Waals surface area contributed by atoms with Crippen LogP contribution in [0.15, 0.2) is 0 Å². The van der Waals surface area contributed by atoms with Gasteiger partial charge >= 0.3 is 0 Å². The fourth-order valence-corrected chi connectivity index (χ4v) is 3.19. The topological polar surface area (TPSA) is 46.2 Å². The molecule has 98 valence electrons. The van der Waals surface area contributed by atoms with Gasteiger partial charge in [-0.05, 0) is 33.1 Å². The summed E-state index contributed by atoms with van der Waals surface area (Å²) in [5.41, 5.74) is 0. The number of sulfone groups is 1. The van der Waals surface area contributed by atoms with Gasteiger partial charge in [-0.2, -0.15) is 0 Å². The van der Waals surface area contributed by atoms with Crippen molar-refractivity contribution < 1.29 is 8.42 Å². The summed E-state index contributed by atoms with van der Waals surface area (Å²) in [4.78, 5) is 0. The largest absolute Gasteiger partial charge is 0.313 e. The molecule has 0 radical (unpaired) electrons. The van der Waals surface area contributed by atoms with Crippen LogP contribution in [0.2, 0.25) is 0 Å². The van der Waals surface area contributed by atoms with Gasteiger partial charge in [0.05, 0.1) is 10.5 Å². The second-order valence-electron chi connectivity index (χ2n) is 5.07. The molecular weight excluding hydrogens is 222 g/mol. The van der Waals surface area contributed by atoms with Crippen LogP contribution in [-0.4, -0.2) is 31.5 Å². The highest BCUT2D eigenvalue weighted by Gasteiger charge is 2.29. The summed E-state index contributed by atoms with van der Waals surface area (Å²) < 4.78 is 24.3. The first-order chi connectivity index (χ1) is 7.23. The van der Waals surface area contributed by atoms with Crippen molar-refractivity contribution in [3.8, 4) is 0 Å². The van der Waals surface area contributed by atoms with E-state index in [1.54, 1.807) is 13.8 Å². The Labute approximate surface area is 101 Å². The standard InChI is InChI=1S/C12H27NO2S/c1-7-10(4)13-8-11(5)16(14,15)12(6)9(2)3/h9-13H,7-8H2,1-6H3. The molecular formula is C12H27NO2S. The molecule has 0 aliphatic rings. The zero-order valence-electron chi connectivity index (χ0n) is 11.4. The summed E-state index contributed by atoms with van der Waals surface area (Å²) >= 11 is 0. The van der Waals surface area contributed by atoms with Crippen molar-refractivity contribution >= 4 is 9.84 Å². The van der Waals surface area contributed by atoms with E-state index < -0.39 is 9.84 Å². The molecule has 0 saturated carbocycles. The Morgan fingerprint density at radius 1 is 1.06 bits per heavy atom. The van der Waals surface area contributed by atoms with Gasteiger partial charge in [0.25, 0.3) is 0 Å². The minimum atomic E-state index is -3.00. The summed E-state index contributed by atoms with van der Waals surface area (Å²) in [6.45, 7) is 12.2. The molecule has 0 spiro atoms. The summed E-state index contributed by atoms with van der Waals surface area (Å²) in [7, 11) is -3.00. The van der Waals surface area contributed by atoms with Crippen LogP contribution < -0.4 is 5.32 Å². The molecule has 0 aliphatic heterocycles. The lowest BCUT2D eigenvalue weighted by Gasteiger charge is -2.23. The van der Waals surface area contributed by atoms with E-state index in [1.165, 1.54) is 0 Å². The first-order valence-corrected chi connectivity index (χ1v) is 7.80. The van der Waals surface area contributed by atoms with Gasteiger partial charge in [-0.1, -0.05) is 20.8 Å². The number of hydrogen-bond donors (Lipinski definition) is 1. The third-order valence-corrected chi connectivity index (χ3v) is 6.25. The van der Waals surface area contributed by atoms with Gasteiger partial charge in [-0.25, -0.2) is 8.42 Å². The summed E-state index contributed by atoms with van der Waals surface area (Å²) in [5, 5.41) is 2.68. The van der Waals surface area contributed by atoms with Crippen molar-refractivity contribution in [2.24, 2.45) is 5.92 Å². The number of hydrogen-bond acceptors (Lipinski definition) is 3. The van der Waals surface area contributed by atoms with Crippen LogP contribution in [0.4, 0.5) is 0 Å². The minimum absolute atomic E-state index is 0.177. The van der Waals surface area contributed by atoms with Gasteiger partial charge in [0.15, 0.2) is 9.84 Å². The van der Waals surface area contributed by atoms with E-state index in [1.807, 2.05) is 13.8 Å². The second-order valence-corrected chi connectivity index (χ2v) is 7.79. The minimum Gasteiger partial charge on any atom is -0.313 e. The van der Waals surface area contributed by atoms with E-state index in [0.717, 1.165) is 6.42 Å². The first-order valence-electron chi connectivity index (χ1n) is 6.19. The van der Waals surface area contributed by atoms with Gasteiger partial charge in [0.1, 0.15) is 0 Å². The lowest BCUT2D eigenvalue weighted by Crippen LogP contribution is -2.40. The highest BCUT2D eigenvalue weighted by Crippen LogP contribution is 2.16. The van der Waals surface area contributed by atoms with Gasteiger partial charge in [0.2, 0.25) is 0 Å². The molecule has 0 amide bonds. The molecule has 0 aliphatic carbocycles. The molecule has 3 unspecified atom stereocenters. The van der Waals surface area contributed by atoms with Crippen LogP contribution >= 0.6 is 0 Å². The van der Waals surface area contributed by atoms with Crippen molar-refractivity contribution in [1.82, 2.24) is 5.32 Å². The smallest absolute Gasteiger partial charge is 0.156 e. The molecule has 16 heavy (non-hydrogen) atoms. The molecule has 0 bridgehead atoms. The molecule has 1 N–H and O–H groups in total. The maximum atomic E-state index is 12.1. The molecule has 3 nitrogen and oxygen atoms in total. The van der Waals surface area contributed by atoms with Crippen LogP contribution in [-0.2, 0) is 9.84 Å². The van der Waals surface area contributed by atoms with Crippen molar-refractivity contribution in [2.45, 2.75) is 64.5 Å². The fraction of sp³-hybridized carbons (Fsp3) is 1.00. The summed E-state index contributed by atoms with van der Waals surface area (Å²) in [6.07, 6.45) is 1.02. The highest BCUT2D eigenvalue weighted by atomic mass is 32.2. The predicted octanol–water partition coefficient (Wildman–Crippen LogP) is 2.22. The molecule has 0 aromatic rings. The van der Waals surface area contributed by atoms with Crippen molar-refractivity contribution in [3.05, 3.63) is 0 Å². The van der Waals surface area contributed by atoms with E-state index >= 15 is 0 Å². The normalized spacial score (nSPS) is 18.4. The maximum Gasteiger partial charge on any atom is 0.156 e. The van der Waals surface area contributed by atoms with Crippen LogP contribution in [0.1, 0.15) is 48.0 Å². The summed E-state index contributed by atoms with van der Waals surface area (Å²) in [5.74, 6) is 0.177. The Balaban J connectivity index is 4.42. The van der Waals surface area contributed by atoms with E-state index in [4.69, 9.17) is 0 Å². The molecule has 0 aromatic carbocycles. The van der Waals surface area contributed by atoms with Crippen LogP contribution in [0.5, 0.6) is 0 Å². The highest BCUT2D eigenvalue weighted by molar-refractivity contribution is 7.92. The number of rotatable bonds is 7. The lowest BCUT2D eigenvalue weighted by atomic mass is 10.2. The monoisotopic (exact) mass is 249 g/mol. The average Bonchev–Trinajstić information content (AvgIpc) is 2.23. The molecule has 0 fully saturated rings. The zero-order chi connectivity index (χ0) is 12.9. The zero-order valence-corrected chi connectivity index (χ0v) is 12.3. The van der Waals surface area contributed by atoms with Gasteiger partial charge in [-0.15, -0.1) is 0 Å².